The van der Waals surface area contributed by atoms with Gasteiger partial charge in [0.1, 0.15) is 23.0 Å². The second kappa shape index (κ2) is 16.5. The quantitative estimate of drug-likeness (QED) is 0.0678. The van der Waals surface area contributed by atoms with Gasteiger partial charge >= 0.3 is 28.5 Å². The number of rotatable bonds is 14. The van der Waals surface area contributed by atoms with Crippen molar-refractivity contribution in [2.45, 2.75) is 0 Å². The van der Waals surface area contributed by atoms with E-state index in [9.17, 15) is 40.2 Å². The van der Waals surface area contributed by atoms with Gasteiger partial charge in [-0.25, -0.2) is 0 Å². The molecule has 5 aromatic rings. The second-order valence-corrected chi connectivity index (χ2v) is 11.4. The van der Waals surface area contributed by atoms with Gasteiger partial charge in [-0.3, -0.25) is 0 Å². The van der Waals surface area contributed by atoms with E-state index < -0.39 is 28.5 Å². The van der Waals surface area contributed by atoms with Crippen molar-refractivity contribution < 1.29 is 59.1 Å². The average molecular weight is 708 g/mol. The number of hydrogen-bond donors (Lipinski definition) is 8. The van der Waals surface area contributed by atoms with Crippen molar-refractivity contribution in [3.63, 3.8) is 0 Å². The van der Waals surface area contributed by atoms with Crippen LogP contribution in [0.2, 0.25) is 0 Å². The molecule has 52 heavy (non-hydrogen) atoms. The topological polar surface area (TPSA) is 205 Å². The van der Waals surface area contributed by atoms with Gasteiger partial charge in [0.05, 0.1) is 51.2 Å². The van der Waals surface area contributed by atoms with E-state index in [-0.39, 0.29) is 44.8 Å². The minimum atomic E-state index is -1.75. The molecule has 0 saturated carbocycles. The van der Waals surface area contributed by atoms with Crippen LogP contribution >= 0.6 is 0 Å². The monoisotopic (exact) mass is 708 g/mol. The van der Waals surface area contributed by atoms with Crippen LogP contribution in [0.25, 0.3) is 0 Å². The normalized spacial score (nSPS) is 10.7. The zero-order valence-corrected chi connectivity index (χ0v) is 28.7. The molecular formula is C34H36B4N2O12. The maximum absolute atomic E-state index is 9.85. The van der Waals surface area contributed by atoms with E-state index in [0.717, 1.165) is 0 Å². The molecule has 0 saturated heterocycles. The van der Waals surface area contributed by atoms with E-state index in [4.69, 9.17) is 18.9 Å². The van der Waals surface area contributed by atoms with Crippen LogP contribution in [0.1, 0.15) is 0 Å². The first-order chi connectivity index (χ1) is 24.9. The first kappa shape index (κ1) is 38.1. The van der Waals surface area contributed by atoms with Crippen molar-refractivity contribution in [1.29, 1.82) is 0 Å². The lowest BCUT2D eigenvalue weighted by molar-refractivity contribution is 0.410. The summed E-state index contributed by atoms with van der Waals surface area (Å²) in [7, 11) is -1.23. The molecule has 8 N–H and O–H groups in total. The van der Waals surface area contributed by atoms with Gasteiger partial charge in [-0.2, -0.15) is 0 Å². The fraction of sp³-hybridized carbons (Fsp3) is 0.118. The molecule has 0 aliphatic heterocycles. The summed E-state index contributed by atoms with van der Waals surface area (Å²) < 4.78 is 22.7. The highest BCUT2D eigenvalue weighted by Gasteiger charge is 2.27. The predicted molar refractivity (Wildman–Crippen MR) is 201 cm³/mol. The number of benzene rings is 5. The Bertz CT molecular complexity index is 1740. The maximum atomic E-state index is 9.85. The fourth-order valence-corrected chi connectivity index (χ4v) is 5.72. The lowest BCUT2D eigenvalue weighted by Gasteiger charge is -2.31. The van der Waals surface area contributed by atoms with Crippen LogP contribution in [0.5, 0.6) is 23.0 Å². The highest BCUT2D eigenvalue weighted by Crippen LogP contribution is 2.47. The molecule has 0 atom stereocenters. The molecular weight excluding hydrogens is 672 g/mol. The van der Waals surface area contributed by atoms with Gasteiger partial charge in [-0.1, -0.05) is 24.3 Å². The molecule has 5 rings (SSSR count). The molecule has 0 heterocycles. The fourth-order valence-electron chi connectivity index (χ4n) is 5.72. The third kappa shape index (κ3) is 7.84. The highest BCUT2D eigenvalue weighted by atomic mass is 16.5. The van der Waals surface area contributed by atoms with Crippen molar-refractivity contribution in [3.8, 4) is 23.0 Å². The Labute approximate surface area is 301 Å². The number of ether oxygens (including phenoxy) is 4. The summed E-state index contributed by atoms with van der Waals surface area (Å²) in [5.74, 6) is 1.15. The molecule has 0 fully saturated rings. The SMILES string of the molecule is COc1cc(B(O)O)ccc1N(c1ccc(N(c2ccc(B(O)O)cc2OC)c2ccc(B(O)O)cc2OC)cc1)c1ccc(B(O)O)cc1OC. The van der Waals surface area contributed by atoms with Crippen LogP contribution in [0.3, 0.4) is 0 Å². The molecule has 0 radical (unpaired) electrons. The van der Waals surface area contributed by atoms with Gasteiger partial charge < -0.3 is 68.9 Å². The summed E-state index contributed by atoms with van der Waals surface area (Å²) in [4.78, 5) is 3.56. The van der Waals surface area contributed by atoms with Crippen LogP contribution in [0.15, 0.2) is 97.1 Å². The summed E-state index contributed by atoms with van der Waals surface area (Å²) in [5, 5.41) is 78.8. The van der Waals surface area contributed by atoms with Gasteiger partial charge in [-0.05, 0) is 94.6 Å². The molecule has 18 heteroatoms. The Morgan fingerprint density at radius 2 is 0.558 bits per heavy atom. The van der Waals surface area contributed by atoms with Crippen LogP contribution < -0.4 is 50.6 Å². The molecule has 0 bridgehead atoms. The van der Waals surface area contributed by atoms with Crippen molar-refractivity contribution in [3.05, 3.63) is 97.1 Å². The molecule has 0 aliphatic carbocycles. The minimum absolute atomic E-state index is 0.194. The average Bonchev–Trinajstić information content (AvgIpc) is 3.15. The lowest BCUT2D eigenvalue weighted by atomic mass is 9.79. The molecule has 0 aliphatic rings. The first-order valence-electron chi connectivity index (χ1n) is 15.8. The van der Waals surface area contributed by atoms with E-state index in [2.05, 4.69) is 0 Å². The van der Waals surface area contributed by atoms with E-state index in [1.807, 2.05) is 0 Å². The zero-order valence-electron chi connectivity index (χ0n) is 28.7. The van der Waals surface area contributed by atoms with Crippen molar-refractivity contribution in [2.24, 2.45) is 0 Å². The molecule has 0 spiro atoms. The van der Waals surface area contributed by atoms with Crippen molar-refractivity contribution in [1.82, 2.24) is 0 Å². The van der Waals surface area contributed by atoms with Gasteiger partial charge in [-0.15, -0.1) is 0 Å². The smallest absolute Gasteiger partial charge is 0.488 e. The van der Waals surface area contributed by atoms with Gasteiger partial charge in [0, 0.05) is 11.4 Å². The van der Waals surface area contributed by atoms with Crippen molar-refractivity contribution >= 4 is 84.4 Å². The summed E-state index contributed by atoms with van der Waals surface area (Å²) in [6.07, 6.45) is 0. The summed E-state index contributed by atoms with van der Waals surface area (Å²) in [5.41, 5.74) is 3.84. The Morgan fingerprint density at radius 1 is 0.346 bits per heavy atom. The predicted octanol–water partition coefficient (Wildman–Crippen LogP) is -0.620. The molecule has 266 valence electrons. The summed E-state index contributed by atoms with van der Waals surface area (Å²) in [6, 6.07) is 25.8. The molecule has 14 nitrogen and oxygen atoms in total. The molecule has 5 aromatic carbocycles. The Kier molecular flexibility index (Phi) is 12.1. The van der Waals surface area contributed by atoms with E-state index in [0.29, 0.717) is 34.1 Å². The van der Waals surface area contributed by atoms with Gasteiger partial charge in [0.15, 0.2) is 0 Å². The third-order valence-electron chi connectivity index (χ3n) is 8.34. The lowest BCUT2D eigenvalue weighted by Crippen LogP contribution is -2.30. The summed E-state index contributed by atoms with van der Waals surface area (Å²) >= 11 is 0. The van der Waals surface area contributed by atoms with Crippen LogP contribution in [-0.2, 0) is 0 Å². The second-order valence-electron chi connectivity index (χ2n) is 11.4. The molecule has 0 aromatic heterocycles. The van der Waals surface area contributed by atoms with E-state index in [1.54, 1.807) is 58.3 Å². The largest absolute Gasteiger partial charge is 0.495 e. The number of methoxy groups -OCH3 is 4. The highest BCUT2D eigenvalue weighted by molar-refractivity contribution is 6.59. The number of anilines is 6. The first-order valence-corrected chi connectivity index (χ1v) is 15.8. The van der Waals surface area contributed by atoms with Crippen LogP contribution in [0, 0.1) is 0 Å². The molecule has 0 unspecified atom stereocenters. The standard InChI is InChI=1S/C34H36B4N2O12/c1-49-31-17-21(35(41)42)5-13-27(31)39(28-14-6-22(36(43)44)18-32(28)50-2)25-9-11-26(12-10-25)40(29-15-7-23(37(45)46)19-33(29)51-3)30-16-8-24(38(47)48)20-34(30)52-4/h5-20,41-48H,1-4H3. The van der Waals surface area contributed by atoms with E-state index >= 15 is 0 Å². The third-order valence-corrected chi connectivity index (χ3v) is 8.34. The van der Waals surface area contributed by atoms with Crippen LogP contribution in [-0.4, -0.2) is 97.1 Å². The van der Waals surface area contributed by atoms with E-state index in [1.165, 1.54) is 77.0 Å². The Balaban J connectivity index is 1.73. The Hall–Kier alpha value is -5.16. The van der Waals surface area contributed by atoms with Crippen molar-refractivity contribution in [2.75, 3.05) is 38.2 Å². The number of hydrogen-bond acceptors (Lipinski definition) is 14. The maximum Gasteiger partial charge on any atom is 0.488 e. The Morgan fingerprint density at radius 3 is 0.731 bits per heavy atom. The molecule has 0 amide bonds. The zero-order chi connectivity index (χ0) is 37.7. The minimum Gasteiger partial charge on any atom is -0.495 e. The van der Waals surface area contributed by atoms with Gasteiger partial charge in [0.2, 0.25) is 0 Å². The number of nitrogens with zero attached hydrogens (tertiary/aromatic N) is 2. The van der Waals surface area contributed by atoms with Gasteiger partial charge in [0.25, 0.3) is 0 Å². The summed E-state index contributed by atoms with van der Waals surface area (Å²) in [6.45, 7) is 0. The van der Waals surface area contributed by atoms with Crippen LogP contribution in [0.4, 0.5) is 34.1 Å².